The lowest BCUT2D eigenvalue weighted by atomic mass is 10.2. The predicted molar refractivity (Wildman–Crippen MR) is 97.2 cm³/mol. The molecule has 0 unspecified atom stereocenters. The molecule has 1 aromatic carbocycles. The van der Waals surface area contributed by atoms with Crippen LogP contribution in [0.25, 0.3) is 11.0 Å². The van der Waals surface area contributed by atoms with Gasteiger partial charge >= 0.3 is 0 Å². The number of furan rings is 1. The van der Waals surface area contributed by atoms with E-state index in [4.69, 9.17) is 9.15 Å². The molecule has 0 spiro atoms. The third-order valence-electron chi connectivity index (χ3n) is 3.67. The van der Waals surface area contributed by atoms with Gasteiger partial charge in [-0.2, -0.15) is 0 Å². The smallest absolute Gasteiger partial charge is 0.270 e. The first kappa shape index (κ1) is 17.0. The molecule has 0 saturated heterocycles. The summed E-state index contributed by atoms with van der Waals surface area (Å²) in [5.41, 5.74) is 1.83. The number of hydrogen-bond acceptors (Lipinski definition) is 5. The van der Waals surface area contributed by atoms with Crippen molar-refractivity contribution in [3.8, 4) is 0 Å². The van der Waals surface area contributed by atoms with Gasteiger partial charge in [-0.05, 0) is 31.5 Å². The second kappa shape index (κ2) is 8.30. The van der Waals surface area contributed by atoms with E-state index >= 15 is 0 Å². The number of carbonyl (C=O) groups excluding carboxylic acids is 1. The average Bonchev–Trinajstić information content (AvgIpc) is 3.11. The van der Waals surface area contributed by atoms with E-state index in [0.29, 0.717) is 36.9 Å². The number of aromatic nitrogens is 1. The zero-order valence-corrected chi connectivity index (χ0v) is 14.1. The van der Waals surface area contributed by atoms with Gasteiger partial charge in [-0.3, -0.25) is 4.79 Å². The molecule has 3 aromatic rings. The number of hydrogen-bond donors (Lipinski definition) is 2. The average molecular weight is 339 g/mol. The highest BCUT2D eigenvalue weighted by atomic mass is 16.5. The second-order valence-electron chi connectivity index (χ2n) is 5.49. The van der Waals surface area contributed by atoms with Crippen LogP contribution in [0.4, 0.5) is 11.5 Å². The number of ether oxygens (including phenoxy) is 1. The summed E-state index contributed by atoms with van der Waals surface area (Å²) in [4.78, 5) is 16.8. The van der Waals surface area contributed by atoms with Gasteiger partial charge in [-0.1, -0.05) is 18.2 Å². The third kappa shape index (κ3) is 4.36. The zero-order chi connectivity index (χ0) is 17.5. The maximum Gasteiger partial charge on any atom is 0.270 e. The summed E-state index contributed by atoms with van der Waals surface area (Å²) in [6.45, 7) is 3.79. The monoisotopic (exact) mass is 339 g/mol. The van der Waals surface area contributed by atoms with Gasteiger partial charge in [-0.25, -0.2) is 4.98 Å². The summed E-state index contributed by atoms with van der Waals surface area (Å²) in [5, 5.41) is 6.93. The minimum absolute atomic E-state index is 0.231. The number of fused-ring (bicyclic) bond motifs is 1. The van der Waals surface area contributed by atoms with Gasteiger partial charge in [0.2, 0.25) is 0 Å². The number of carbonyl (C=O) groups is 1. The Bertz CT molecular complexity index is 830. The summed E-state index contributed by atoms with van der Waals surface area (Å²) < 4.78 is 10.7. The van der Waals surface area contributed by atoms with Crippen LogP contribution >= 0.6 is 0 Å². The maximum atomic E-state index is 12.4. The summed E-state index contributed by atoms with van der Waals surface area (Å²) in [5.74, 6) is 0.364. The Kier molecular flexibility index (Phi) is 5.64. The quantitative estimate of drug-likeness (QED) is 0.612. The summed E-state index contributed by atoms with van der Waals surface area (Å²) in [6.07, 6.45) is 2.35. The van der Waals surface area contributed by atoms with Crippen LogP contribution in [0, 0.1) is 0 Å². The van der Waals surface area contributed by atoms with Crippen LogP contribution in [0.15, 0.2) is 53.1 Å². The summed E-state index contributed by atoms with van der Waals surface area (Å²) in [6, 6.07) is 13.2. The van der Waals surface area contributed by atoms with Gasteiger partial charge in [0.15, 0.2) is 0 Å². The molecule has 2 N–H and O–H groups in total. The van der Waals surface area contributed by atoms with E-state index in [0.717, 1.165) is 17.5 Å². The van der Waals surface area contributed by atoms with Crippen molar-refractivity contribution >= 4 is 28.4 Å². The van der Waals surface area contributed by atoms with Gasteiger partial charge in [0, 0.05) is 31.5 Å². The van der Waals surface area contributed by atoms with Gasteiger partial charge in [-0.15, -0.1) is 0 Å². The van der Waals surface area contributed by atoms with Crippen LogP contribution in [0.3, 0.4) is 0 Å². The van der Waals surface area contributed by atoms with Crippen LogP contribution in [-0.4, -0.2) is 30.6 Å². The number of rotatable bonds is 8. The van der Waals surface area contributed by atoms with Crippen LogP contribution < -0.4 is 10.6 Å². The highest BCUT2D eigenvalue weighted by Gasteiger charge is 2.14. The topological polar surface area (TPSA) is 76.4 Å². The fourth-order valence-electron chi connectivity index (χ4n) is 2.45. The SMILES string of the molecule is CCOCCCNC(=O)c1cc2occc2c(Nc2ccccc2)n1. The van der Waals surface area contributed by atoms with E-state index < -0.39 is 0 Å². The molecule has 0 radical (unpaired) electrons. The van der Waals surface area contributed by atoms with Gasteiger partial charge in [0.05, 0.1) is 11.6 Å². The van der Waals surface area contributed by atoms with Gasteiger partial charge in [0.25, 0.3) is 5.91 Å². The molecule has 0 fully saturated rings. The molecular weight excluding hydrogens is 318 g/mol. The van der Waals surface area contributed by atoms with E-state index in [-0.39, 0.29) is 5.91 Å². The Balaban J connectivity index is 1.76. The fourth-order valence-corrected chi connectivity index (χ4v) is 2.45. The Morgan fingerprint density at radius 3 is 2.88 bits per heavy atom. The first-order chi connectivity index (χ1) is 12.3. The molecule has 0 aliphatic heterocycles. The van der Waals surface area contributed by atoms with Crippen molar-refractivity contribution in [3.63, 3.8) is 0 Å². The minimum atomic E-state index is -0.231. The molecule has 25 heavy (non-hydrogen) atoms. The molecule has 1 amide bonds. The molecule has 130 valence electrons. The number of pyridine rings is 1. The number of amides is 1. The third-order valence-corrected chi connectivity index (χ3v) is 3.67. The lowest BCUT2D eigenvalue weighted by molar-refractivity contribution is 0.0939. The van der Waals surface area contributed by atoms with Crippen molar-refractivity contribution < 1.29 is 13.9 Å². The number of para-hydroxylation sites is 1. The molecule has 0 saturated carbocycles. The van der Waals surface area contributed by atoms with Crippen LogP contribution in [0.5, 0.6) is 0 Å². The number of nitrogens with zero attached hydrogens (tertiary/aromatic N) is 1. The molecule has 0 aliphatic carbocycles. The molecule has 2 aromatic heterocycles. The van der Waals surface area contributed by atoms with Gasteiger partial charge in [0.1, 0.15) is 17.1 Å². The van der Waals surface area contributed by atoms with Crippen molar-refractivity contribution in [1.29, 1.82) is 0 Å². The van der Waals surface area contributed by atoms with Crippen molar-refractivity contribution in [2.24, 2.45) is 0 Å². The molecule has 0 aliphatic rings. The molecule has 6 heteroatoms. The highest BCUT2D eigenvalue weighted by molar-refractivity contribution is 5.99. The lowest BCUT2D eigenvalue weighted by Crippen LogP contribution is -2.26. The molecule has 6 nitrogen and oxygen atoms in total. The van der Waals surface area contributed by atoms with E-state index in [2.05, 4.69) is 15.6 Å². The van der Waals surface area contributed by atoms with Crippen molar-refractivity contribution in [2.75, 3.05) is 25.1 Å². The van der Waals surface area contributed by atoms with Crippen molar-refractivity contribution in [3.05, 3.63) is 54.4 Å². The first-order valence-electron chi connectivity index (χ1n) is 8.34. The number of anilines is 2. The summed E-state index contributed by atoms with van der Waals surface area (Å²) >= 11 is 0. The van der Waals surface area contributed by atoms with Gasteiger partial charge < -0.3 is 19.8 Å². The molecule has 0 atom stereocenters. The second-order valence-corrected chi connectivity index (χ2v) is 5.49. The lowest BCUT2D eigenvalue weighted by Gasteiger charge is -2.09. The van der Waals surface area contributed by atoms with Crippen LogP contribution in [0.1, 0.15) is 23.8 Å². The van der Waals surface area contributed by atoms with E-state index in [1.165, 1.54) is 0 Å². The highest BCUT2D eigenvalue weighted by Crippen LogP contribution is 2.26. The Morgan fingerprint density at radius 1 is 1.24 bits per heavy atom. The first-order valence-corrected chi connectivity index (χ1v) is 8.34. The van der Waals surface area contributed by atoms with Crippen LogP contribution in [0.2, 0.25) is 0 Å². The number of nitrogens with one attached hydrogen (secondary N) is 2. The molecule has 0 bridgehead atoms. The maximum absolute atomic E-state index is 12.4. The summed E-state index contributed by atoms with van der Waals surface area (Å²) in [7, 11) is 0. The molecule has 2 heterocycles. The van der Waals surface area contributed by atoms with Crippen molar-refractivity contribution in [1.82, 2.24) is 10.3 Å². The number of benzene rings is 1. The predicted octanol–water partition coefficient (Wildman–Crippen LogP) is 3.73. The standard InChI is InChI=1S/C19H21N3O3/c1-2-24-11-6-10-20-19(23)16-13-17-15(9-12-25-17)18(22-16)21-14-7-4-3-5-8-14/h3-5,7-9,12-13H,2,6,10-11H2,1H3,(H,20,23)(H,21,22). The minimum Gasteiger partial charge on any atom is -0.464 e. The molecule has 3 rings (SSSR count). The largest absolute Gasteiger partial charge is 0.464 e. The Labute approximate surface area is 146 Å². The fraction of sp³-hybridized carbons (Fsp3) is 0.263. The van der Waals surface area contributed by atoms with Crippen LogP contribution in [-0.2, 0) is 4.74 Å². The normalized spacial score (nSPS) is 10.8. The molecular formula is C19H21N3O3. The van der Waals surface area contributed by atoms with Crippen molar-refractivity contribution in [2.45, 2.75) is 13.3 Å². The Morgan fingerprint density at radius 2 is 2.08 bits per heavy atom. The zero-order valence-electron chi connectivity index (χ0n) is 14.1. The van der Waals surface area contributed by atoms with E-state index in [1.54, 1.807) is 12.3 Å². The van der Waals surface area contributed by atoms with E-state index in [9.17, 15) is 4.79 Å². The van der Waals surface area contributed by atoms with E-state index in [1.807, 2.05) is 43.3 Å². The Hall–Kier alpha value is -2.86.